The van der Waals surface area contributed by atoms with Crippen LogP contribution < -0.4 is 5.32 Å². The Morgan fingerprint density at radius 1 is 1.70 bits per heavy atom. The van der Waals surface area contributed by atoms with E-state index >= 15 is 0 Å². The zero-order chi connectivity index (χ0) is 7.72. The number of hydrogen-bond donors (Lipinski definition) is 1. The summed E-state index contributed by atoms with van der Waals surface area (Å²) in [4.78, 5) is 21.1. The van der Waals surface area contributed by atoms with Gasteiger partial charge in [-0.2, -0.15) is 0 Å². The highest BCUT2D eigenvalue weighted by molar-refractivity contribution is 8.14. The molecule has 0 radical (unpaired) electrons. The number of thioether (sulfide) groups is 1. The SMILES string of the molecule is CC(=O)SC1NC(=O)C1C. The second kappa shape index (κ2) is 2.62. The predicted molar refractivity (Wildman–Crippen MR) is 39.4 cm³/mol. The van der Waals surface area contributed by atoms with Crippen LogP contribution in [0.3, 0.4) is 0 Å². The summed E-state index contributed by atoms with van der Waals surface area (Å²) in [7, 11) is 0. The van der Waals surface area contributed by atoms with E-state index < -0.39 is 0 Å². The third kappa shape index (κ3) is 1.31. The molecular weight excluding hydrogens is 150 g/mol. The number of nitrogens with one attached hydrogen (secondary N) is 1. The summed E-state index contributed by atoms with van der Waals surface area (Å²) in [5, 5.41) is 2.70. The summed E-state index contributed by atoms with van der Waals surface area (Å²) in [6, 6.07) is 0. The maximum atomic E-state index is 10.6. The first kappa shape index (κ1) is 7.60. The van der Waals surface area contributed by atoms with Crippen molar-refractivity contribution in [2.45, 2.75) is 19.2 Å². The van der Waals surface area contributed by atoms with Crippen LogP contribution in [0.15, 0.2) is 0 Å². The maximum absolute atomic E-state index is 10.6. The Morgan fingerprint density at radius 2 is 2.30 bits per heavy atom. The van der Waals surface area contributed by atoms with E-state index in [0.717, 1.165) is 0 Å². The average molecular weight is 159 g/mol. The van der Waals surface area contributed by atoms with E-state index in [1.54, 1.807) is 0 Å². The van der Waals surface area contributed by atoms with Gasteiger partial charge in [0.1, 0.15) is 0 Å². The topological polar surface area (TPSA) is 46.2 Å². The number of carbonyl (C=O) groups excluding carboxylic acids is 2. The van der Waals surface area contributed by atoms with Crippen LogP contribution in [0, 0.1) is 5.92 Å². The molecule has 1 N–H and O–H groups in total. The molecule has 0 aromatic rings. The Hall–Kier alpha value is -0.510. The molecule has 10 heavy (non-hydrogen) atoms. The number of carbonyl (C=O) groups is 2. The van der Waals surface area contributed by atoms with Gasteiger partial charge in [0.25, 0.3) is 0 Å². The van der Waals surface area contributed by atoms with E-state index in [0.29, 0.717) is 0 Å². The van der Waals surface area contributed by atoms with Crippen molar-refractivity contribution in [1.82, 2.24) is 5.32 Å². The largest absolute Gasteiger partial charge is 0.343 e. The molecule has 1 heterocycles. The average Bonchev–Trinajstić information content (AvgIpc) is 1.86. The van der Waals surface area contributed by atoms with Crippen LogP contribution in [-0.4, -0.2) is 16.4 Å². The molecule has 1 saturated heterocycles. The molecule has 0 aromatic carbocycles. The lowest BCUT2D eigenvalue weighted by atomic mass is 10.1. The van der Waals surface area contributed by atoms with Crippen molar-refractivity contribution < 1.29 is 9.59 Å². The van der Waals surface area contributed by atoms with Crippen molar-refractivity contribution in [1.29, 1.82) is 0 Å². The van der Waals surface area contributed by atoms with Crippen molar-refractivity contribution in [3.05, 3.63) is 0 Å². The second-order valence-corrected chi connectivity index (χ2v) is 3.65. The number of rotatable bonds is 1. The molecule has 2 unspecified atom stereocenters. The third-order valence-corrected chi connectivity index (χ3v) is 2.56. The van der Waals surface area contributed by atoms with Crippen LogP contribution >= 0.6 is 11.8 Å². The molecular formula is C6H9NO2S. The molecule has 56 valence electrons. The zero-order valence-electron chi connectivity index (χ0n) is 5.88. The highest BCUT2D eigenvalue weighted by atomic mass is 32.2. The zero-order valence-corrected chi connectivity index (χ0v) is 6.70. The molecule has 0 spiro atoms. The first-order valence-electron chi connectivity index (χ1n) is 3.09. The first-order valence-corrected chi connectivity index (χ1v) is 3.97. The summed E-state index contributed by atoms with van der Waals surface area (Å²) in [6.07, 6.45) is 0. The summed E-state index contributed by atoms with van der Waals surface area (Å²) < 4.78 is 0. The minimum absolute atomic E-state index is 0.00565. The highest BCUT2D eigenvalue weighted by Gasteiger charge is 2.36. The predicted octanol–water partition coefficient (Wildman–Crippen LogP) is 0.358. The quantitative estimate of drug-likeness (QED) is 0.562. The van der Waals surface area contributed by atoms with Gasteiger partial charge in [0, 0.05) is 6.92 Å². The molecule has 0 aromatic heterocycles. The maximum Gasteiger partial charge on any atom is 0.226 e. The van der Waals surface area contributed by atoms with Crippen LogP contribution in [0.2, 0.25) is 0 Å². The summed E-state index contributed by atoms with van der Waals surface area (Å²) in [6.45, 7) is 3.32. The fourth-order valence-electron chi connectivity index (χ4n) is 0.748. The van der Waals surface area contributed by atoms with Gasteiger partial charge in [-0.1, -0.05) is 18.7 Å². The Kier molecular flexibility index (Phi) is 1.99. The Balaban J connectivity index is 2.34. The van der Waals surface area contributed by atoms with E-state index in [-0.39, 0.29) is 22.3 Å². The summed E-state index contributed by atoms with van der Waals surface area (Å²) in [5.74, 6) is 0.0349. The van der Waals surface area contributed by atoms with Crippen molar-refractivity contribution in [3.8, 4) is 0 Å². The third-order valence-electron chi connectivity index (χ3n) is 1.45. The van der Waals surface area contributed by atoms with Crippen molar-refractivity contribution in [2.24, 2.45) is 5.92 Å². The molecule has 1 aliphatic heterocycles. The van der Waals surface area contributed by atoms with Gasteiger partial charge in [-0.15, -0.1) is 0 Å². The van der Waals surface area contributed by atoms with Crippen molar-refractivity contribution in [2.75, 3.05) is 0 Å². The van der Waals surface area contributed by atoms with Gasteiger partial charge < -0.3 is 5.32 Å². The van der Waals surface area contributed by atoms with Crippen LogP contribution in [-0.2, 0) is 9.59 Å². The van der Waals surface area contributed by atoms with Gasteiger partial charge in [0.05, 0.1) is 11.3 Å². The fraction of sp³-hybridized carbons (Fsp3) is 0.667. The molecule has 4 heteroatoms. The van der Waals surface area contributed by atoms with Crippen LogP contribution in [0.1, 0.15) is 13.8 Å². The van der Waals surface area contributed by atoms with E-state index in [1.807, 2.05) is 6.92 Å². The van der Waals surface area contributed by atoms with E-state index in [4.69, 9.17) is 0 Å². The molecule has 0 bridgehead atoms. The molecule has 0 saturated carbocycles. The monoisotopic (exact) mass is 159 g/mol. The Morgan fingerprint density at radius 3 is 2.60 bits per heavy atom. The lowest BCUT2D eigenvalue weighted by molar-refractivity contribution is -0.131. The number of amides is 1. The summed E-state index contributed by atoms with van der Waals surface area (Å²) in [5.41, 5.74) is 0. The fourth-order valence-corrected chi connectivity index (χ4v) is 1.61. The minimum atomic E-state index is -0.00565. The van der Waals surface area contributed by atoms with E-state index in [1.165, 1.54) is 18.7 Å². The van der Waals surface area contributed by atoms with Gasteiger partial charge in [0.2, 0.25) is 5.91 Å². The Bertz CT molecular complexity index is 181. The molecule has 1 amide bonds. The van der Waals surface area contributed by atoms with E-state index in [9.17, 15) is 9.59 Å². The lowest BCUT2D eigenvalue weighted by Crippen LogP contribution is -2.55. The van der Waals surface area contributed by atoms with Gasteiger partial charge >= 0.3 is 0 Å². The standard InChI is InChI=1S/C6H9NO2S/c1-3-5(9)7-6(3)10-4(2)8/h3,6H,1-2H3,(H,7,9). The second-order valence-electron chi connectivity index (χ2n) is 2.33. The minimum Gasteiger partial charge on any atom is -0.343 e. The first-order chi connectivity index (χ1) is 4.61. The highest BCUT2D eigenvalue weighted by Crippen LogP contribution is 2.25. The van der Waals surface area contributed by atoms with Gasteiger partial charge in [-0.3, -0.25) is 9.59 Å². The normalized spacial score (nSPS) is 30.8. The number of hydrogen-bond acceptors (Lipinski definition) is 3. The van der Waals surface area contributed by atoms with Crippen molar-refractivity contribution in [3.63, 3.8) is 0 Å². The van der Waals surface area contributed by atoms with Gasteiger partial charge in [0.15, 0.2) is 5.12 Å². The number of β-lactam (4-membered cyclic amide) rings is 1. The molecule has 1 fully saturated rings. The molecule has 3 nitrogen and oxygen atoms in total. The lowest BCUT2D eigenvalue weighted by Gasteiger charge is -2.32. The van der Waals surface area contributed by atoms with Gasteiger partial charge in [-0.25, -0.2) is 0 Å². The van der Waals surface area contributed by atoms with Crippen LogP contribution in [0.5, 0.6) is 0 Å². The molecule has 2 atom stereocenters. The van der Waals surface area contributed by atoms with E-state index in [2.05, 4.69) is 5.32 Å². The molecule has 1 aliphatic rings. The van der Waals surface area contributed by atoms with Gasteiger partial charge in [-0.05, 0) is 0 Å². The van der Waals surface area contributed by atoms with Crippen molar-refractivity contribution >= 4 is 22.8 Å². The smallest absolute Gasteiger partial charge is 0.226 e. The molecule has 0 aliphatic carbocycles. The van der Waals surface area contributed by atoms with Crippen LogP contribution in [0.4, 0.5) is 0 Å². The Labute approximate surface area is 63.6 Å². The summed E-state index contributed by atoms with van der Waals surface area (Å²) >= 11 is 1.18. The van der Waals surface area contributed by atoms with Crippen LogP contribution in [0.25, 0.3) is 0 Å². The molecule has 1 rings (SSSR count).